The third-order valence-corrected chi connectivity index (χ3v) is 5.37. The molecule has 0 saturated carbocycles. The first-order chi connectivity index (χ1) is 15.3. The van der Waals surface area contributed by atoms with Gasteiger partial charge < -0.3 is 15.4 Å². The molecular weight excluding hydrogens is 433 g/mol. The molecule has 0 spiro atoms. The molecule has 0 aliphatic carbocycles. The molecule has 3 rings (SSSR count). The Labute approximate surface area is 188 Å². The second kappa shape index (κ2) is 10.6. The molecule has 166 valence electrons. The van der Waals surface area contributed by atoms with Crippen LogP contribution in [0, 0.1) is 19.7 Å². The zero-order chi connectivity index (χ0) is 23.1. The Hall–Kier alpha value is -3.59. The van der Waals surface area contributed by atoms with E-state index in [1.165, 1.54) is 29.5 Å². The van der Waals surface area contributed by atoms with Crippen LogP contribution in [0.25, 0.3) is 0 Å². The molecule has 1 aromatic heterocycles. The Balaban J connectivity index is 1.44. The molecule has 0 radical (unpaired) electrons. The van der Waals surface area contributed by atoms with Crippen molar-refractivity contribution in [2.75, 3.05) is 11.9 Å². The molecule has 32 heavy (non-hydrogen) atoms. The van der Waals surface area contributed by atoms with Gasteiger partial charge in [0.2, 0.25) is 5.91 Å². The van der Waals surface area contributed by atoms with Gasteiger partial charge in [-0.3, -0.25) is 14.4 Å². The molecule has 0 aliphatic rings. The third-order valence-electron chi connectivity index (χ3n) is 4.47. The number of nitrogens with zero attached hydrogens (tertiary/aromatic N) is 1. The lowest BCUT2D eigenvalue weighted by atomic mass is 10.1. The van der Waals surface area contributed by atoms with E-state index in [1.54, 1.807) is 5.38 Å². The van der Waals surface area contributed by atoms with Crippen LogP contribution >= 0.6 is 11.3 Å². The molecule has 0 aliphatic heterocycles. The van der Waals surface area contributed by atoms with Crippen LogP contribution in [0.4, 0.5) is 10.1 Å². The normalized spacial score (nSPS) is 10.5. The van der Waals surface area contributed by atoms with Gasteiger partial charge in [0.1, 0.15) is 24.0 Å². The summed E-state index contributed by atoms with van der Waals surface area (Å²) in [5, 5.41) is 7.48. The summed E-state index contributed by atoms with van der Waals surface area (Å²) in [5.74, 6) is -2.25. The van der Waals surface area contributed by atoms with Gasteiger partial charge >= 0.3 is 5.97 Å². The monoisotopic (exact) mass is 455 g/mol. The first-order valence-electron chi connectivity index (χ1n) is 9.80. The highest BCUT2D eigenvalue weighted by molar-refractivity contribution is 7.09. The maximum absolute atomic E-state index is 13.6. The number of amides is 2. The van der Waals surface area contributed by atoms with Crippen molar-refractivity contribution in [1.82, 2.24) is 10.3 Å². The van der Waals surface area contributed by atoms with Gasteiger partial charge in [0.25, 0.3) is 5.91 Å². The molecule has 0 atom stereocenters. The topological polar surface area (TPSA) is 97.4 Å². The minimum Gasteiger partial charge on any atom is -0.458 e. The number of hydrogen-bond acceptors (Lipinski definition) is 6. The maximum Gasteiger partial charge on any atom is 0.325 e. The highest BCUT2D eigenvalue weighted by Gasteiger charge is 2.14. The van der Waals surface area contributed by atoms with E-state index in [1.807, 2.05) is 32.0 Å². The van der Waals surface area contributed by atoms with Gasteiger partial charge in [0.05, 0.1) is 17.7 Å². The van der Waals surface area contributed by atoms with Crippen LogP contribution in [0.5, 0.6) is 0 Å². The molecule has 9 heteroatoms. The summed E-state index contributed by atoms with van der Waals surface area (Å²) in [7, 11) is 0. The molecule has 0 fully saturated rings. The molecule has 2 amide bonds. The van der Waals surface area contributed by atoms with Gasteiger partial charge in [-0.1, -0.05) is 24.3 Å². The summed E-state index contributed by atoms with van der Waals surface area (Å²) >= 11 is 1.29. The Morgan fingerprint density at radius 1 is 1.12 bits per heavy atom. The van der Waals surface area contributed by atoms with E-state index in [-0.39, 0.29) is 24.5 Å². The molecule has 0 unspecified atom stereocenters. The fraction of sp³-hybridized carbons (Fsp3) is 0.217. The molecular formula is C23H22FN3O4S. The van der Waals surface area contributed by atoms with Gasteiger partial charge in [-0.15, -0.1) is 11.3 Å². The average molecular weight is 456 g/mol. The highest BCUT2D eigenvalue weighted by Crippen LogP contribution is 2.18. The number of carbonyl (C=O) groups is 3. The van der Waals surface area contributed by atoms with E-state index in [0.717, 1.165) is 22.9 Å². The van der Waals surface area contributed by atoms with Crippen molar-refractivity contribution in [3.8, 4) is 0 Å². The van der Waals surface area contributed by atoms with Crippen LogP contribution in [0.1, 0.15) is 32.2 Å². The van der Waals surface area contributed by atoms with E-state index in [2.05, 4.69) is 15.6 Å². The fourth-order valence-electron chi connectivity index (χ4n) is 2.80. The predicted molar refractivity (Wildman–Crippen MR) is 119 cm³/mol. The smallest absolute Gasteiger partial charge is 0.325 e. The molecule has 0 saturated heterocycles. The summed E-state index contributed by atoms with van der Waals surface area (Å²) in [4.78, 5) is 40.4. The van der Waals surface area contributed by atoms with Crippen LogP contribution in [-0.4, -0.2) is 29.3 Å². The van der Waals surface area contributed by atoms with E-state index in [0.29, 0.717) is 10.7 Å². The molecule has 1 heterocycles. The molecule has 0 bridgehead atoms. The minimum absolute atomic E-state index is 0.0937. The molecule has 3 aromatic rings. The second-order valence-corrected chi connectivity index (χ2v) is 8.04. The zero-order valence-corrected chi connectivity index (χ0v) is 18.4. The number of esters is 1. The van der Waals surface area contributed by atoms with Gasteiger partial charge in [0.15, 0.2) is 0 Å². The summed E-state index contributed by atoms with van der Waals surface area (Å²) < 4.78 is 18.7. The number of hydrogen-bond donors (Lipinski definition) is 2. The number of halogens is 1. The predicted octanol–water partition coefficient (Wildman–Crippen LogP) is 3.55. The van der Waals surface area contributed by atoms with Crippen molar-refractivity contribution in [2.45, 2.75) is 26.9 Å². The van der Waals surface area contributed by atoms with Crippen molar-refractivity contribution in [3.63, 3.8) is 0 Å². The van der Waals surface area contributed by atoms with Gasteiger partial charge in [-0.05, 0) is 43.2 Å². The molecule has 2 aromatic carbocycles. The average Bonchev–Trinajstić information content (AvgIpc) is 3.20. The van der Waals surface area contributed by atoms with E-state index < -0.39 is 24.2 Å². The highest BCUT2D eigenvalue weighted by atomic mass is 32.1. The van der Waals surface area contributed by atoms with Crippen molar-refractivity contribution >= 4 is 34.8 Å². The summed E-state index contributed by atoms with van der Waals surface area (Å²) in [6, 6.07) is 11.3. The van der Waals surface area contributed by atoms with Gasteiger partial charge in [-0.25, -0.2) is 9.37 Å². The number of anilines is 1. The van der Waals surface area contributed by atoms with Crippen LogP contribution < -0.4 is 10.6 Å². The standard InChI is InChI=1S/C23H22FN3O4S/c1-14-7-8-15(2)19(9-14)27-20(28)10-21-26-16(13-32-21)12-31-22(29)11-25-23(30)17-5-3-4-6-18(17)24/h3-9,13H,10-12H2,1-2H3,(H,25,30)(H,27,28). The second-order valence-electron chi connectivity index (χ2n) is 7.10. The lowest BCUT2D eigenvalue weighted by molar-refractivity contribution is -0.143. The van der Waals surface area contributed by atoms with Crippen molar-refractivity contribution in [1.29, 1.82) is 0 Å². The van der Waals surface area contributed by atoms with Gasteiger partial charge in [-0.2, -0.15) is 0 Å². The van der Waals surface area contributed by atoms with Crippen molar-refractivity contribution in [2.24, 2.45) is 0 Å². The number of ether oxygens (including phenoxy) is 1. The van der Waals surface area contributed by atoms with Crippen molar-refractivity contribution in [3.05, 3.63) is 81.1 Å². The lowest BCUT2D eigenvalue weighted by Gasteiger charge is -2.08. The summed E-state index contributed by atoms with van der Waals surface area (Å²) in [5.41, 5.74) is 3.13. The third kappa shape index (κ3) is 6.45. The maximum atomic E-state index is 13.6. The van der Waals surface area contributed by atoms with E-state index in [4.69, 9.17) is 4.74 Å². The number of aromatic nitrogens is 1. The Kier molecular flexibility index (Phi) is 7.67. The van der Waals surface area contributed by atoms with Gasteiger partial charge in [0, 0.05) is 11.1 Å². The van der Waals surface area contributed by atoms with Crippen molar-refractivity contribution < 1.29 is 23.5 Å². The number of rotatable bonds is 8. The summed E-state index contributed by atoms with van der Waals surface area (Å²) in [6.07, 6.45) is 0.102. The number of aryl methyl sites for hydroxylation is 2. The number of benzene rings is 2. The molecule has 2 N–H and O–H groups in total. The Bertz CT molecular complexity index is 1150. The van der Waals surface area contributed by atoms with E-state index >= 15 is 0 Å². The fourth-order valence-corrected chi connectivity index (χ4v) is 3.57. The van der Waals surface area contributed by atoms with Crippen LogP contribution in [0.2, 0.25) is 0 Å². The lowest BCUT2D eigenvalue weighted by Crippen LogP contribution is -2.31. The minimum atomic E-state index is -0.703. The van der Waals surface area contributed by atoms with Crippen LogP contribution in [0.15, 0.2) is 47.8 Å². The Morgan fingerprint density at radius 2 is 1.91 bits per heavy atom. The zero-order valence-electron chi connectivity index (χ0n) is 17.6. The molecule has 7 nitrogen and oxygen atoms in total. The Morgan fingerprint density at radius 3 is 2.69 bits per heavy atom. The summed E-state index contributed by atoms with van der Waals surface area (Å²) in [6.45, 7) is 3.38. The SMILES string of the molecule is Cc1ccc(C)c(NC(=O)Cc2nc(COC(=O)CNC(=O)c3ccccc3F)cs2)c1. The van der Waals surface area contributed by atoms with E-state index in [9.17, 15) is 18.8 Å². The van der Waals surface area contributed by atoms with Crippen LogP contribution in [-0.2, 0) is 27.4 Å². The number of thiazole rings is 1. The first-order valence-corrected chi connectivity index (χ1v) is 10.7. The van der Waals surface area contributed by atoms with Crippen LogP contribution in [0.3, 0.4) is 0 Å². The quantitative estimate of drug-likeness (QED) is 0.507. The number of nitrogens with one attached hydrogen (secondary N) is 2. The largest absolute Gasteiger partial charge is 0.458 e. The number of carbonyl (C=O) groups excluding carboxylic acids is 3. The first kappa shape index (κ1) is 23.1.